The largest absolute Gasteiger partial charge is 0.463 e. The first kappa shape index (κ1) is 16.7. The summed E-state index contributed by atoms with van der Waals surface area (Å²) in [6.07, 6.45) is 3.02. The third kappa shape index (κ3) is 5.21. The molecule has 0 radical (unpaired) electrons. The Bertz CT molecular complexity index is 697. The van der Waals surface area contributed by atoms with E-state index in [9.17, 15) is 13.6 Å². The maximum Gasteiger partial charge on any atom is 0.330 e. The molecular formula is C18H17F2NO2. The molecule has 0 atom stereocenters. The van der Waals surface area contributed by atoms with Crippen molar-refractivity contribution in [3.63, 3.8) is 0 Å². The summed E-state index contributed by atoms with van der Waals surface area (Å²) in [6.45, 7) is 2.34. The summed E-state index contributed by atoms with van der Waals surface area (Å²) in [6, 6.07) is 10.8. The molecule has 23 heavy (non-hydrogen) atoms. The van der Waals surface area contributed by atoms with Gasteiger partial charge in [-0.15, -0.1) is 0 Å². The maximum atomic E-state index is 13.5. The Labute approximate surface area is 133 Å². The topological polar surface area (TPSA) is 38.3 Å². The maximum absolute atomic E-state index is 13.5. The van der Waals surface area contributed by atoms with Crippen molar-refractivity contribution >= 4 is 17.7 Å². The Morgan fingerprint density at radius 1 is 1.17 bits per heavy atom. The lowest BCUT2D eigenvalue weighted by molar-refractivity contribution is -0.137. The lowest BCUT2D eigenvalue weighted by Crippen LogP contribution is -2.02. The molecule has 0 aliphatic carbocycles. The fraction of sp³-hybridized carbons (Fsp3) is 0.167. The van der Waals surface area contributed by atoms with Crippen LogP contribution in [0.25, 0.3) is 6.08 Å². The minimum Gasteiger partial charge on any atom is -0.463 e. The van der Waals surface area contributed by atoms with Crippen LogP contribution in [0, 0.1) is 11.6 Å². The predicted octanol–water partition coefficient (Wildman–Crippen LogP) is 4.15. The van der Waals surface area contributed by atoms with Gasteiger partial charge < -0.3 is 10.1 Å². The number of hydrogen-bond donors (Lipinski definition) is 1. The minimum atomic E-state index is -0.594. The summed E-state index contributed by atoms with van der Waals surface area (Å²) in [5.41, 5.74) is 2.02. The van der Waals surface area contributed by atoms with Crippen LogP contribution in [-0.4, -0.2) is 12.6 Å². The number of halogens is 2. The Morgan fingerprint density at radius 3 is 2.57 bits per heavy atom. The van der Waals surface area contributed by atoms with Gasteiger partial charge in [0.05, 0.1) is 6.61 Å². The highest BCUT2D eigenvalue weighted by Gasteiger charge is 2.03. The van der Waals surface area contributed by atoms with Crippen molar-refractivity contribution in [1.29, 1.82) is 0 Å². The van der Waals surface area contributed by atoms with Crippen molar-refractivity contribution in [2.24, 2.45) is 0 Å². The van der Waals surface area contributed by atoms with Crippen LogP contribution in [0.15, 0.2) is 48.5 Å². The van der Waals surface area contributed by atoms with Crippen LogP contribution in [0.3, 0.4) is 0 Å². The first-order chi connectivity index (χ1) is 11.1. The van der Waals surface area contributed by atoms with E-state index in [-0.39, 0.29) is 12.5 Å². The zero-order valence-electron chi connectivity index (χ0n) is 12.7. The average molecular weight is 317 g/mol. The van der Waals surface area contributed by atoms with Gasteiger partial charge in [-0.3, -0.25) is 0 Å². The normalized spacial score (nSPS) is 10.7. The van der Waals surface area contributed by atoms with E-state index in [1.165, 1.54) is 18.2 Å². The highest BCUT2D eigenvalue weighted by Crippen LogP contribution is 2.14. The molecule has 2 aromatic rings. The molecule has 0 fully saturated rings. The van der Waals surface area contributed by atoms with E-state index in [0.717, 1.165) is 17.3 Å². The molecule has 0 amide bonds. The van der Waals surface area contributed by atoms with E-state index in [2.05, 4.69) is 5.32 Å². The number of nitrogens with one attached hydrogen (secondary N) is 1. The molecule has 0 aliphatic rings. The van der Waals surface area contributed by atoms with Crippen LogP contribution in [0.2, 0.25) is 0 Å². The van der Waals surface area contributed by atoms with Gasteiger partial charge in [0.15, 0.2) is 0 Å². The number of anilines is 1. The van der Waals surface area contributed by atoms with Gasteiger partial charge in [0.2, 0.25) is 0 Å². The quantitative estimate of drug-likeness (QED) is 0.642. The van der Waals surface area contributed by atoms with Crippen LogP contribution in [0.5, 0.6) is 0 Å². The van der Waals surface area contributed by atoms with Gasteiger partial charge in [0, 0.05) is 29.9 Å². The Balaban J connectivity index is 1.93. The van der Waals surface area contributed by atoms with Gasteiger partial charge >= 0.3 is 5.97 Å². The Kier molecular flexibility index (Phi) is 5.86. The van der Waals surface area contributed by atoms with Crippen LogP contribution in [-0.2, 0) is 16.1 Å². The minimum absolute atomic E-state index is 0.254. The second-order valence-corrected chi connectivity index (χ2v) is 4.80. The van der Waals surface area contributed by atoms with Crippen molar-refractivity contribution in [3.05, 3.63) is 71.3 Å². The average Bonchev–Trinajstić information content (AvgIpc) is 2.53. The van der Waals surface area contributed by atoms with Crippen molar-refractivity contribution < 1.29 is 18.3 Å². The van der Waals surface area contributed by atoms with Crippen molar-refractivity contribution in [2.45, 2.75) is 13.5 Å². The zero-order valence-corrected chi connectivity index (χ0v) is 12.7. The molecule has 0 aliphatic heterocycles. The van der Waals surface area contributed by atoms with Crippen molar-refractivity contribution in [1.82, 2.24) is 0 Å². The summed E-state index contributed by atoms with van der Waals surface area (Å²) in [7, 11) is 0. The molecule has 0 spiro atoms. The summed E-state index contributed by atoms with van der Waals surface area (Å²) >= 11 is 0. The van der Waals surface area contributed by atoms with Gasteiger partial charge in [-0.05, 0) is 36.8 Å². The van der Waals surface area contributed by atoms with Gasteiger partial charge in [-0.1, -0.05) is 18.2 Å². The van der Waals surface area contributed by atoms with Crippen LogP contribution < -0.4 is 5.32 Å². The number of ether oxygens (including phenoxy) is 1. The molecule has 1 N–H and O–H groups in total. The number of carbonyl (C=O) groups excluding carboxylic acids is 1. The van der Waals surface area contributed by atoms with Crippen LogP contribution >= 0.6 is 0 Å². The molecule has 0 aromatic heterocycles. The molecule has 0 bridgehead atoms. The van der Waals surface area contributed by atoms with Gasteiger partial charge in [0.25, 0.3) is 0 Å². The van der Waals surface area contributed by atoms with Crippen molar-refractivity contribution in [2.75, 3.05) is 11.9 Å². The molecule has 2 aromatic carbocycles. The van der Waals surface area contributed by atoms with Gasteiger partial charge in [-0.25, -0.2) is 13.6 Å². The third-order valence-electron chi connectivity index (χ3n) is 3.11. The van der Waals surface area contributed by atoms with E-state index >= 15 is 0 Å². The highest BCUT2D eigenvalue weighted by molar-refractivity contribution is 5.87. The molecule has 2 rings (SSSR count). The van der Waals surface area contributed by atoms with E-state index in [0.29, 0.717) is 12.2 Å². The molecule has 120 valence electrons. The summed E-state index contributed by atoms with van der Waals surface area (Å²) in [5, 5.41) is 3.06. The SMILES string of the molecule is CCOC(=O)C=Cc1ccc(NCc2ccc(F)cc2F)cc1. The van der Waals surface area contributed by atoms with E-state index in [1.54, 1.807) is 13.0 Å². The molecule has 0 unspecified atom stereocenters. The Morgan fingerprint density at radius 2 is 1.91 bits per heavy atom. The Hall–Kier alpha value is -2.69. The first-order valence-corrected chi connectivity index (χ1v) is 7.21. The van der Waals surface area contributed by atoms with Crippen LogP contribution in [0.4, 0.5) is 14.5 Å². The van der Waals surface area contributed by atoms with E-state index in [1.807, 2.05) is 24.3 Å². The smallest absolute Gasteiger partial charge is 0.330 e. The molecule has 0 heterocycles. The predicted molar refractivity (Wildman–Crippen MR) is 85.8 cm³/mol. The second kappa shape index (κ2) is 8.08. The lowest BCUT2D eigenvalue weighted by atomic mass is 10.1. The fourth-order valence-electron chi connectivity index (χ4n) is 1.93. The van der Waals surface area contributed by atoms with Crippen molar-refractivity contribution in [3.8, 4) is 0 Å². The number of rotatable bonds is 6. The highest BCUT2D eigenvalue weighted by atomic mass is 19.1. The number of benzene rings is 2. The zero-order chi connectivity index (χ0) is 16.7. The second-order valence-electron chi connectivity index (χ2n) is 4.80. The molecule has 0 saturated heterocycles. The summed E-state index contributed by atoms with van der Waals surface area (Å²) < 4.78 is 31.2. The summed E-state index contributed by atoms with van der Waals surface area (Å²) in [5.74, 6) is -1.56. The summed E-state index contributed by atoms with van der Waals surface area (Å²) in [4.78, 5) is 11.2. The molecule has 3 nitrogen and oxygen atoms in total. The number of hydrogen-bond acceptors (Lipinski definition) is 3. The molecule has 0 saturated carbocycles. The number of carbonyl (C=O) groups is 1. The molecular weight excluding hydrogens is 300 g/mol. The third-order valence-corrected chi connectivity index (χ3v) is 3.11. The van der Waals surface area contributed by atoms with E-state index in [4.69, 9.17) is 4.74 Å². The molecule has 5 heteroatoms. The number of esters is 1. The first-order valence-electron chi connectivity index (χ1n) is 7.21. The van der Waals surface area contributed by atoms with Crippen LogP contribution in [0.1, 0.15) is 18.1 Å². The lowest BCUT2D eigenvalue weighted by Gasteiger charge is -2.08. The van der Waals surface area contributed by atoms with Gasteiger partial charge in [0.1, 0.15) is 11.6 Å². The fourth-order valence-corrected chi connectivity index (χ4v) is 1.93. The monoisotopic (exact) mass is 317 g/mol. The van der Waals surface area contributed by atoms with Gasteiger partial charge in [-0.2, -0.15) is 0 Å². The van der Waals surface area contributed by atoms with E-state index < -0.39 is 11.6 Å². The standard InChI is InChI=1S/C18H17F2NO2/c1-2-23-18(22)10-5-13-3-8-16(9-4-13)21-12-14-6-7-15(19)11-17(14)20/h3-11,21H,2,12H2,1H3.